The fraction of sp³-hybridized carbons (Fsp3) is 0.400. The first-order valence-corrected chi connectivity index (χ1v) is 6.65. The predicted molar refractivity (Wildman–Crippen MR) is 76.6 cm³/mol. The molecule has 2 aromatic rings. The summed E-state index contributed by atoms with van der Waals surface area (Å²) in [6.07, 6.45) is 0.0952. The maximum Gasteiger partial charge on any atom is 0.218 e. The minimum Gasteiger partial charge on any atom is -0.496 e. The molecule has 0 radical (unpaired) electrons. The van der Waals surface area contributed by atoms with Gasteiger partial charge in [-0.3, -0.25) is 0 Å². The summed E-state index contributed by atoms with van der Waals surface area (Å²) in [5, 5.41) is 4.28. The summed E-state index contributed by atoms with van der Waals surface area (Å²) in [4.78, 5) is 4.64. The van der Waals surface area contributed by atoms with Crippen LogP contribution in [0, 0.1) is 0 Å². The molecule has 20 heavy (non-hydrogen) atoms. The molecular weight excluding hydrogens is 256 g/mol. The van der Waals surface area contributed by atoms with Gasteiger partial charge in [0.05, 0.1) is 14.2 Å². The molecule has 1 atom stereocenters. The third-order valence-corrected chi connectivity index (χ3v) is 3.45. The zero-order chi connectivity index (χ0) is 14.1. The molecule has 1 aliphatic rings. The molecule has 0 saturated carbocycles. The Bertz CT molecular complexity index is 643. The smallest absolute Gasteiger partial charge is 0.218 e. The van der Waals surface area contributed by atoms with Crippen LogP contribution >= 0.6 is 0 Å². The number of hydrogen-bond donors (Lipinski definition) is 1. The summed E-state index contributed by atoms with van der Waals surface area (Å²) in [7, 11) is 3.30. The maximum absolute atomic E-state index is 5.87. The average Bonchev–Trinajstić information content (AvgIpc) is 2.64. The van der Waals surface area contributed by atoms with Crippen molar-refractivity contribution in [1.82, 2.24) is 10.3 Å². The Hall–Kier alpha value is -2.01. The Morgan fingerprint density at radius 3 is 2.75 bits per heavy atom. The quantitative estimate of drug-likeness (QED) is 0.909. The van der Waals surface area contributed by atoms with Gasteiger partial charge in [-0.1, -0.05) is 0 Å². The van der Waals surface area contributed by atoms with Gasteiger partial charge in [-0.2, -0.15) is 0 Å². The molecule has 0 fully saturated rings. The molecule has 0 bridgehead atoms. The lowest BCUT2D eigenvalue weighted by atomic mass is 10.1. The van der Waals surface area contributed by atoms with Crippen molar-refractivity contribution in [3.05, 3.63) is 23.8 Å². The summed E-state index contributed by atoms with van der Waals surface area (Å²) in [6, 6.07) is 5.81. The van der Waals surface area contributed by atoms with Gasteiger partial charge in [-0.05, 0) is 25.1 Å². The minimum atomic E-state index is 0.0952. The van der Waals surface area contributed by atoms with Gasteiger partial charge >= 0.3 is 0 Å². The van der Waals surface area contributed by atoms with Crippen LogP contribution < -0.4 is 19.5 Å². The van der Waals surface area contributed by atoms with Crippen LogP contribution in [0.5, 0.6) is 17.4 Å². The van der Waals surface area contributed by atoms with Crippen molar-refractivity contribution >= 4 is 10.9 Å². The van der Waals surface area contributed by atoms with Crippen LogP contribution in [0.1, 0.15) is 12.5 Å². The van der Waals surface area contributed by atoms with E-state index in [-0.39, 0.29) is 6.10 Å². The molecular formula is C15H18N2O3. The summed E-state index contributed by atoms with van der Waals surface area (Å²) in [5.41, 5.74) is 1.80. The van der Waals surface area contributed by atoms with Crippen LogP contribution in [-0.2, 0) is 6.54 Å². The van der Waals surface area contributed by atoms with E-state index in [2.05, 4.69) is 16.4 Å². The molecule has 0 amide bonds. The summed E-state index contributed by atoms with van der Waals surface area (Å²) >= 11 is 0. The number of fused-ring (bicyclic) bond motifs is 2. The van der Waals surface area contributed by atoms with E-state index >= 15 is 0 Å². The van der Waals surface area contributed by atoms with Crippen LogP contribution in [-0.4, -0.2) is 31.9 Å². The molecule has 3 rings (SSSR count). The molecule has 5 heteroatoms. The lowest BCUT2D eigenvalue weighted by molar-refractivity contribution is 0.218. The molecule has 2 heterocycles. The molecule has 5 nitrogen and oxygen atoms in total. The maximum atomic E-state index is 5.87. The van der Waals surface area contributed by atoms with Crippen molar-refractivity contribution in [3.8, 4) is 17.4 Å². The number of aromatic nitrogens is 1. The van der Waals surface area contributed by atoms with Crippen LogP contribution in [0.2, 0.25) is 0 Å². The third kappa shape index (κ3) is 2.14. The molecule has 0 saturated heterocycles. The first kappa shape index (κ1) is 13.0. The first-order valence-electron chi connectivity index (χ1n) is 6.65. The van der Waals surface area contributed by atoms with Crippen molar-refractivity contribution in [2.24, 2.45) is 0 Å². The van der Waals surface area contributed by atoms with Gasteiger partial charge in [0.25, 0.3) is 0 Å². The molecule has 1 aliphatic heterocycles. The van der Waals surface area contributed by atoms with Crippen molar-refractivity contribution in [1.29, 1.82) is 0 Å². The highest BCUT2D eigenvalue weighted by atomic mass is 16.5. The number of pyridine rings is 1. The second kappa shape index (κ2) is 5.17. The van der Waals surface area contributed by atoms with E-state index in [9.17, 15) is 0 Å². The van der Waals surface area contributed by atoms with E-state index in [0.29, 0.717) is 5.88 Å². The SMILES string of the molecule is COc1ccc(OC)c2nc3c(cc12)CNCC(C)O3. The van der Waals surface area contributed by atoms with E-state index in [4.69, 9.17) is 14.2 Å². The van der Waals surface area contributed by atoms with E-state index in [1.165, 1.54) is 0 Å². The van der Waals surface area contributed by atoms with Crippen LogP contribution in [0.15, 0.2) is 18.2 Å². The number of nitrogens with zero attached hydrogens (tertiary/aromatic N) is 1. The lowest BCUT2D eigenvalue weighted by Gasteiger charge is -2.14. The van der Waals surface area contributed by atoms with Gasteiger partial charge in [0.15, 0.2) is 0 Å². The van der Waals surface area contributed by atoms with Crippen molar-refractivity contribution < 1.29 is 14.2 Å². The summed E-state index contributed by atoms with van der Waals surface area (Å²) < 4.78 is 16.7. The largest absolute Gasteiger partial charge is 0.496 e. The van der Waals surface area contributed by atoms with Gasteiger partial charge in [-0.25, -0.2) is 4.98 Å². The Balaban J connectivity index is 2.24. The zero-order valence-electron chi connectivity index (χ0n) is 11.9. The van der Waals surface area contributed by atoms with E-state index in [1.54, 1.807) is 14.2 Å². The van der Waals surface area contributed by atoms with Gasteiger partial charge in [0.2, 0.25) is 5.88 Å². The highest BCUT2D eigenvalue weighted by Crippen LogP contribution is 2.35. The minimum absolute atomic E-state index is 0.0952. The summed E-state index contributed by atoms with van der Waals surface area (Å²) in [5.74, 6) is 2.17. The number of benzene rings is 1. The second-order valence-electron chi connectivity index (χ2n) is 4.88. The predicted octanol–water partition coefficient (Wildman–Crippen LogP) is 2.12. The number of methoxy groups -OCH3 is 2. The Morgan fingerprint density at radius 2 is 2.00 bits per heavy atom. The van der Waals surface area contributed by atoms with E-state index in [1.807, 2.05) is 19.1 Å². The molecule has 1 N–H and O–H groups in total. The van der Waals surface area contributed by atoms with Gasteiger partial charge in [-0.15, -0.1) is 0 Å². The monoisotopic (exact) mass is 274 g/mol. The topological polar surface area (TPSA) is 52.6 Å². The molecule has 1 aromatic carbocycles. The lowest BCUT2D eigenvalue weighted by Crippen LogP contribution is -2.25. The number of ether oxygens (including phenoxy) is 3. The molecule has 106 valence electrons. The van der Waals surface area contributed by atoms with E-state index < -0.39 is 0 Å². The molecule has 1 unspecified atom stereocenters. The fourth-order valence-corrected chi connectivity index (χ4v) is 2.45. The highest BCUT2D eigenvalue weighted by Gasteiger charge is 2.18. The van der Waals surface area contributed by atoms with Crippen LogP contribution in [0.3, 0.4) is 0 Å². The Morgan fingerprint density at radius 1 is 1.25 bits per heavy atom. The Kier molecular flexibility index (Phi) is 3.36. The second-order valence-corrected chi connectivity index (χ2v) is 4.88. The normalized spacial score (nSPS) is 18.1. The summed E-state index contributed by atoms with van der Waals surface area (Å²) in [6.45, 7) is 3.57. The standard InChI is InChI=1S/C15H18N2O3/c1-9-7-16-8-10-6-11-12(18-2)4-5-13(19-3)14(11)17-15(10)20-9/h4-6,9,16H,7-8H2,1-3H3. The van der Waals surface area contributed by atoms with Crippen molar-refractivity contribution in [3.63, 3.8) is 0 Å². The fourth-order valence-electron chi connectivity index (χ4n) is 2.45. The van der Waals surface area contributed by atoms with Crippen molar-refractivity contribution in [2.75, 3.05) is 20.8 Å². The van der Waals surface area contributed by atoms with Crippen LogP contribution in [0.25, 0.3) is 10.9 Å². The van der Waals surface area contributed by atoms with Gasteiger partial charge in [0, 0.05) is 24.0 Å². The van der Waals surface area contributed by atoms with Crippen LogP contribution in [0.4, 0.5) is 0 Å². The molecule has 1 aromatic heterocycles. The Labute approximate surface area is 117 Å². The number of nitrogens with one attached hydrogen (secondary N) is 1. The first-order chi connectivity index (χ1) is 9.72. The van der Waals surface area contributed by atoms with Gasteiger partial charge in [0.1, 0.15) is 23.1 Å². The number of hydrogen-bond acceptors (Lipinski definition) is 5. The number of rotatable bonds is 2. The van der Waals surface area contributed by atoms with Gasteiger partial charge < -0.3 is 19.5 Å². The van der Waals surface area contributed by atoms with E-state index in [0.717, 1.165) is 41.1 Å². The third-order valence-electron chi connectivity index (χ3n) is 3.45. The average molecular weight is 274 g/mol. The zero-order valence-corrected chi connectivity index (χ0v) is 11.9. The molecule has 0 spiro atoms. The molecule has 0 aliphatic carbocycles. The highest BCUT2D eigenvalue weighted by molar-refractivity contribution is 5.91. The van der Waals surface area contributed by atoms with Crippen molar-refractivity contribution in [2.45, 2.75) is 19.6 Å².